The highest BCUT2D eigenvalue weighted by atomic mass is 127. The van der Waals surface area contributed by atoms with Crippen molar-refractivity contribution in [2.24, 2.45) is 0 Å². The number of halogens is 1. The molecule has 0 saturated carbocycles. The molecule has 0 bridgehead atoms. The van der Waals surface area contributed by atoms with E-state index in [4.69, 9.17) is 5.73 Å². The van der Waals surface area contributed by atoms with Crippen LogP contribution < -0.4 is 11.4 Å². The lowest BCUT2D eigenvalue weighted by Crippen LogP contribution is -2.31. The summed E-state index contributed by atoms with van der Waals surface area (Å²) in [5, 5.41) is 9.22. The Hall–Kier alpha value is -2.56. The van der Waals surface area contributed by atoms with Gasteiger partial charge in [0.05, 0.1) is 17.2 Å². The summed E-state index contributed by atoms with van der Waals surface area (Å²) in [6.07, 6.45) is 1.18. The number of likely N-dealkylation sites (tertiary alicyclic amines) is 1. The van der Waals surface area contributed by atoms with Gasteiger partial charge in [-0.25, -0.2) is 14.6 Å². The maximum atomic E-state index is 13.3. The third-order valence-electron chi connectivity index (χ3n) is 4.70. The largest absolute Gasteiger partial charge is 0.465 e. The lowest BCUT2D eigenvalue weighted by Gasteiger charge is -2.13. The topological polar surface area (TPSA) is 106 Å². The van der Waals surface area contributed by atoms with Gasteiger partial charge in [-0.15, -0.1) is 0 Å². The Labute approximate surface area is 162 Å². The van der Waals surface area contributed by atoms with E-state index in [-0.39, 0.29) is 24.1 Å². The summed E-state index contributed by atoms with van der Waals surface area (Å²) in [4.78, 5) is 30.0. The van der Waals surface area contributed by atoms with Crippen LogP contribution in [0.4, 0.5) is 10.6 Å². The molecule has 4 rings (SSSR count). The third kappa shape index (κ3) is 2.62. The molecule has 3 aromatic rings. The second-order valence-corrected chi connectivity index (χ2v) is 7.45. The number of pyridine rings is 1. The van der Waals surface area contributed by atoms with Crippen LogP contribution in [0.1, 0.15) is 12.5 Å². The van der Waals surface area contributed by atoms with Crippen LogP contribution in [0.2, 0.25) is 0 Å². The molecule has 26 heavy (non-hydrogen) atoms. The fraction of sp³-hybridized carbons (Fsp3) is 0.235. The van der Waals surface area contributed by atoms with Gasteiger partial charge in [-0.05, 0) is 59.3 Å². The average Bonchev–Trinajstić information content (AvgIpc) is 3.19. The van der Waals surface area contributed by atoms with Crippen LogP contribution in [0.25, 0.3) is 16.7 Å². The smallest absolute Gasteiger partial charge is 0.407 e. The highest BCUT2D eigenvalue weighted by molar-refractivity contribution is 14.1. The van der Waals surface area contributed by atoms with Gasteiger partial charge in [0.15, 0.2) is 0 Å². The number of imidazole rings is 1. The molecule has 0 spiro atoms. The summed E-state index contributed by atoms with van der Waals surface area (Å²) in [6.45, 7) is 0.687. The quantitative estimate of drug-likeness (QED) is 0.565. The summed E-state index contributed by atoms with van der Waals surface area (Å²) >= 11 is 2.20. The lowest BCUT2D eigenvalue weighted by molar-refractivity contribution is 0.154. The highest BCUT2D eigenvalue weighted by Gasteiger charge is 2.31. The molecule has 0 unspecified atom stereocenters. The summed E-state index contributed by atoms with van der Waals surface area (Å²) in [5.74, 6) is 0.269. The van der Waals surface area contributed by atoms with Crippen molar-refractivity contribution in [2.45, 2.75) is 12.5 Å². The van der Waals surface area contributed by atoms with Crippen LogP contribution in [-0.4, -0.2) is 43.3 Å². The van der Waals surface area contributed by atoms with Gasteiger partial charge in [-0.1, -0.05) is 0 Å². The van der Waals surface area contributed by atoms with E-state index in [1.165, 1.54) is 4.90 Å². The lowest BCUT2D eigenvalue weighted by atomic mass is 10.2. The van der Waals surface area contributed by atoms with Crippen LogP contribution >= 0.6 is 22.6 Å². The molecule has 9 heteroatoms. The molecule has 3 N–H and O–H groups in total. The number of nitrogens with two attached hydrogens (primary N) is 1. The standard InChI is InChI=1S/C17H16IN5O3/c18-10-1-3-11(4-2-10)23-14-13(5-7-20-15(14)19)22(16(23)24)12-6-8-21(9-12)17(25)26/h1-5,7,12H,6,8-9H2,(H2,19,20)(H,25,26)/t12-/m1/s1. The van der Waals surface area contributed by atoms with Crippen LogP contribution in [0.15, 0.2) is 41.3 Å². The van der Waals surface area contributed by atoms with Crippen molar-refractivity contribution in [1.29, 1.82) is 0 Å². The Bertz CT molecular complexity index is 1060. The molecule has 0 aliphatic carbocycles. The molecule has 3 heterocycles. The average molecular weight is 465 g/mol. The molecule has 2 aromatic heterocycles. The van der Waals surface area contributed by atoms with Crippen LogP contribution in [-0.2, 0) is 0 Å². The van der Waals surface area contributed by atoms with Crippen molar-refractivity contribution in [3.8, 4) is 5.69 Å². The molecule has 1 aliphatic heterocycles. The number of carbonyl (C=O) groups is 1. The molecule has 1 atom stereocenters. The van der Waals surface area contributed by atoms with E-state index in [0.29, 0.717) is 29.7 Å². The predicted octanol–water partition coefficient (Wildman–Crippen LogP) is 2.30. The molecule has 8 nitrogen and oxygen atoms in total. The van der Waals surface area contributed by atoms with Crippen molar-refractivity contribution in [2.75, 3.05) is 18.8 Å². The van der Waals surface area contributed by atoms with E-state index < -0.39 is 6.09 Å². The molecule has 1 amide bonds. The van der Waals surface area contributed by atoms with Crippen molar-refractivity contribution in [1.82, 2.24) is 19.0 Å². The molecular formula is C17H16IN5O3. The van der Waals surface area contributed by atoms with Gasteiger partial charge in [0.2, 0.25) is 0 Å². The summed E-state index contributed by atoms with van der Waals surface area (Å²) in [6, 6.07) is 9.07. The fourth-order valence-corrected chi connectivity index (χ4v) is 3.86. The summed E-state index contributed by atoms with van der Waals surface area (Å²) < 4.78 is 4.26. The van der Waals surface area contributed by atoms with E-state index in [0.717, 1.165) is 3.57 Å². The third-order valence-corrected chi connectivity index (χ3v) is 5.41. The zero-order chi connectivity index (χ0) is 18.4. The number of fused-ring (bicyclic) bond motifs is 1. The first-order valence-electron chi connectivity index (χ1n) is 8.08. The number of aromatic nitrogens is 3. The fourth-order valence-electron chi connectivity index (χ4n) is 3.50. The monoisotopic (exact) mass is 465 g/mol. The second kappa shape index (κ2) is 6.31. The Morgan fingerprint density at radius 3 is 2.65 bits per heavy atom. The first kappa shape index (κ1) is 16.9. The van der Waals surface area contributed by atoms with Crippen molar-refractivity contribution in [3.63, 3.8) is 0 Å². The van der Waals surface area contributed by atoms with Gasteiger partial charge < -0.3 is 15.7 Å². The zero-order valence-electron chi connectivity index (χ0n) is 13.7. The maximum absolute atomic E-state index is 13.3. The number of anilines is 1. The molecule has 134 valence electrons. The SMILES string of the molecule is Nc1nccc2c1n(-c1ccc(I)cc1)c(=O)n2[C@@H]1CCN(C(=O)O)C1. The van der Waals surface area contributed by atoms with Gasteiger partial charge in [-0.3, -0.25) is 9.13 Å². The number of hydrogen-bond acceptors (Lipinski definition) is 4. The first-order chi connectivity index (χ1) is 12.5. The number of carboxylic acid groups (broad SMARTS) is 1. The van der Waals surface area contributed by atoms with Crippen LogP contribution in [0.3, 0.4) is 0 Å². The van der Waals surface area contributed by atoms with E-state index in [9.17, 15) is 14.7 Å². The number of hydrogen-bond donors (Lipinski definition) is 2. The van der Waals surface area contributed by atoms with E-state index in [2.05, 4.69) is 27.6 Å². The molecule has 1 saturated heterocycles. The zero-order valence-corrected chi connectivity index (χ0v) is 15.8. The molecule has 0 radical (unpaired) electrons. The van der Waals surface area contributed by atoms with Crippen LogP contribution in [0.5, 0.6) is 0 Å². The number of amides is 1. The van der Waals surface area contributed by atoms with Crippen molar-refractivity contribution >= 4 is 45.5 Å². The minimum atomic E-state index is -0.969. The normalized spacial score (nSPS) is 17.1. The Morgan fingerprint density at radius 1 is 1.27 bits per heavy atom. The van der Waals surface area contributed by atoms with E-state index in [1.54, 1.807) is 21.4 Å². The molecule has 1 aliphatic rings. The van der Waals surface area contributed by atoms with E-state index >= 15 is 0 Å². The van der Waals surface area contributed by atoms with Gasteiger partial charge in [-0.2, -0.15) is 0 Å². The van der Waals surface area contributed by atoms with Gasteiger partial charge in [0.1, 0.15) is 11.3 Å². The van der Waals surface area contributed by atoms with Gasteiger partial charge in [0, 0.05) is 22.9 Å². The first-order valence-corrected chi connectivity index (χ1v) is 9.16. The predicted molar refractivity (Wildman–Crippen MR) is 106 cm³/mol. The second-order valence-electron chi connectivity index (χ2n) is 6.20. The highest BCUT2D eigenvalue weighted by Crippen LogP contribution is 2.28. The van der Waals surface area contributed by atoms with Gasteiger partial charge in [0.25, 0.3) is 0 Å². The van der Waals surface area contributed by atoms with Crippen LogP contribution in [0, 0.1) is 3.57 Å². The molecular weight excluding hydrogens is 449 g/mol. The molecule has 1 fully saturated rings. The van der Waals surface area contributed by atoms with Crippen molar-refractivity contribution in [3.05, 3.63) is 50.6 Å². The number of nitrogen functional groups attached to an aromatic ring is 1. The summed E-state index contributed by atoms with van der Waals surface area (Å²) in [7, 11) is 0. The Kier molecular flexibility index (Phi) is 4.10. The Balaban J connectivity index is 1.94. The number of nitrogens with zero attached hydrogens (tertiary/aromatic N) is 4. The maximum Gasteiger partial charge on any atom is 0.407 e. The number of rotatable bonds is 2. The minimum Gasteiger partial charge on any atom is -0.465 e. The minimum absolute atomic E-state index is 0.229. The molecule has 1 aromatic carbocycles. The van der Waals surface area contributed by atoms with Gasteiger partial charge >= 0.3 is 11.8 Å². The van der Waals surface area contributed by atoms with Crippen molar-refractivity contribution < 1.29 is 9.90 Å². The van der Waals surface area contributed by atoms with E-state index in [1.807, 2.05) is 24.3 Å². The summed E-state index contributed by atoms with van der Waals surface area (Å²) in [5.41, 5.74) is 7.77. The number of benzene rings is 1. The Morgan fingerprint density at radius 2 is 2.00 bits per heavy atom.